The summed E-state index contributed by atoms with van der Waals surface area (Å²) >= 11 is 1.77. The Balaban J connectivity index is 2.53. The van der Waals surface area contributed by atoms with Gasteiger partial charge in [0, 0.05) is 11.8 Å². The molecule has 0 saturated heterocycles. The van der Waals surface area contributed by atoms with Gasteiger partial charge in [0.05, 0.1) is 12.8 Å². The molecular weight excluding hydrogens is 226 g/mol. The lowest BCUT2D eigenvalue weighted by Gasteiger charge is -2.14. The molecule has 0 aromatic carbocycles. The maximum atomic E-state index is 10.8. The molecule has 0 amide bonds. The third-order valence-electron chi connectivity index (χ3n) is 2.39. The van der Waals surface area contributed by atoms with Crippen molar-refractivity contribution in [3.05, 3.63) is 23.7 Å². The summed E-state index contributed by atoms with van der Waals surface area (Å²) < 4.78 is 5.15. The molecule has 0 bridgehead atoms. The summed E-state index contributed by atoms with van der Waals surface area (Å²) in [6.45, 7) is 2.57. The lowest BCUT2D eigenvalue weighted by Crippen LogP contribution is -2.30. The summed E-state index contributed by atoms with van der Waals surface area (Å²) in [5.74, 6) is 0.565. The molecule has 4 nitrogen and oxygen atoms in total. The smallest absolute Gasteiger partial charge is 0.339 e. The van der Waals surface area contributed by atoms with E-state index in [9.17, 15) is 4.79 Å². The summed E-state index contributed by atoms with van der Waals surface area (Å²) in [6, 6.07) is 1.87. The van der Waals surface area contributed by atoms with Crippen LogP contribution in [0.15, 0.2) is 16.7 Å². The number of carboxylic acids is 1. The third kappa shape index (κ3) is 3.57. The van der Waals surface area contributed by atoms with E-state index < -0.39 is 5.97 Å². The van der Waals surface area contributed by atoms with Crippen LogP contribution in [0.1, 0.15) is 29.5 Å². The van der Waals surface area contributed by atoms with E-state index in [0.29, 0.717) is 18.3 Å². The summed E-state index contributed by atoms with van der Waals surface area (Å²) in [5, 5.41) is 12.2. The summed E-state index contributed by atoms with van der Waals surface area (Å²) in [6.07, 6.45) is 4.49. The van der Waals surface area contributed by atoms with Crippen molar-refractivity contribution in [1.29, 1.82) is 0 Å². The Morgan fingerprint density at radius 1 is 1.69 bits per heavy atom. The van der Waals surface area contributed by atoms with Crippen LogP contribution in [0.5, 0.6) is 0 Å². The predicted molar refractivity (Wildman–Crippen MR) is 65.0 cm³/mol. The fraction of sp³-hybridized carbons (Fsp3) is 0.545. The average molecular weight is 243 g/mol. The molecule has 1 atom stereocenters. The second-order valence-corrected chi connectivity index (χ2v) is 4.41. The van der Waals surface area contributed by atoms with E-state index >= 15 is 0 Å². The van der Waals surface area contributed by atoms with E-state index in [1.807, 2.05) is 0 Å². The first-order valence-corrected chi connectivity index (χ1v) is 6.60. The molecule has 0 aliphatic heterocycles. The molecule has 0 saturated carbocycles. The van der Waals surface area contributed by atoms with Crippen molar-refractivity contribution in [1.82, 2.24) is 5.32 Å². The van der Waals surface area contributed by atoms with Gasteiger partial charge in [0.25, 0.3) is 0 Å². The van der Waals surface area contributed by atoms with Gasteiger partial charge in [-0.1, -0.05) is 6.92 Å². The van der Waals surface area contributed by atoms with Gasteiger partial charge in [-0.05, 0) is 18.7 Å². The molecule has 2 N–H and O–H groups in total. The number of rotatable bonds is 7. The molecule has 90 valence electrons. The van der Waals surface area contributed by atoms with Crippen molar-refractivity contribution in [2.75, 3.05) is 12.0 Å². The van der Waals surface area contributed by atoms with Crippen molar-refractivity contribution in [2.24, 2.45) is 0 Å². The number of nitrogens with one attached hydrogen (secondary N) is 1. The Hall–Kier alpha value is -0.940. The van der Waals surface area contributed by atoms with Crippen LogP contribution in [-0.2, 0) is 6.54 Å². The van der Waals surface area contributed by atoms with E-state index in [0.717, 1.165) is 12.2 Å². The number of aromatic carboxylic acids is 1. The zero-order valence-corrected chi connectivity index (χ0v) is 10.3. The minimum atomic E-state index is -0.941. The van der Waals surface area contributed by atoms with Crippen LogP contribution in [-0.4, -0.2) is 29.1 Å². The fourth-order valence-corrected chi connectivity index (χ4v) is 2.18. The van der Waals surface area contributed by atoms with E-state index in [2.05, 4.69) is 18.5 Å². The van der Waals surface area contributed by atoms with Gasteiger partial charge < -0.3 is 14.8 Å². The Morgan fingerprint density at radius 3 is 3.00 bits per heavy atom. The Morgan fingerprint density at radius 2 is 2.44 bits per heavy atom. The molecular formula is C11H17NO3S. The van der Waals surface area contributed by atoms with Crippen LogP contribution in [0.4, 0.5) is 0 Å². The summed E-state index contributed by atoms with van der Waals surface area (Å²) in [5.41, 5.74) is 0.242. The molecule has 1 aromatic rings. The fourth-order valence-electron chi connectivity index (χ4n) is 1.43. The first kappa shape index (κ1) is 13.1. The van der Waals surface area contributed by atoms with Gasteiger partial charge in [-0.3, -0.25) is 0 Å². The van der Waals surface area contributed by atoms with Crippen molar-refractivity contribution < 1.29 is 14.3 Å². The first-order chi connectivity index (χ1) is 7.69. The van der Waals surface area contributed by atoms with Gasteiger partial charge in [-0.25, -0.2) is 4.79 Å². The number of thioether (sulfide) groups is 1. The second kappa shape index (κ2) is 6.60. The molecule has 16 heavy (non-hydrogen) atoms. The minimum Gasteiger partial charge on any atom is -0.478 e. The Bertz CT molecular complexity index is 338. The molecule has 5 heteroatoms. The van der Waals surface area contributed by atoms with Gasteiger partial charge in [0.1, 0.15) is 11.3 Å². The van der Waals surface area contributed by atoms with Gasteiger partial charge in [0.15, 0.2) is 0 Å². The molecule has 0 fully saturated rings. The largest absolute Gasteiger partial charge is 0.478 e. The topological polar surface area (TPSA) is 62.5 Å². The molecule has 1 rings (SSSR count). The Labute approximate surface area is 99.4 Å². The number of carbonyl (C=O) groups is 1. The maximum absolute atomic E-state index is 10.8. The van der Waals surface area contributed by atoms with Crippen molar-refractivity contribution in [3.63, 3.8) is 0 Å². The van der Waals surface area contributed by atoms with Crippen LogP contribution >= 0.6 is 11.8 Å². The standard InChI is InChI=1S/C11H17NO3S/c1-3-8(7-16-2)12-6-10-9(11(13)14)4-5-15-10/h4-5,8,12H,3,6-7H2,1-2H3,(H,13,14). The zero-order valence-electron chi connectivity index (χ0n) is 9.53. The van der Waals surface area contributed by atoms with Crippen LogP contribution < -0.4 is 5.32 Å². The minimum absolute atomic E-state index is 0.242. The SMILES string of the molecule is CCC(CSC)NCc1occc1C(=O)O. The first-order valence-electron chi connectivity index (χ1n) is 5.21. The highest BCUT2D eigenvalue weighted by Gasteiger charge is 2.14. The van der Waals surface area contributed by atoms with Crippen LogP contribution in [0, 0.1) is 0 Å². The van der Waals surface area contributed by atoms with Gasteiger partial charge >= 0.3 is 5.97 Å². The average Bonchev–Trinajstić information content (AvgIpc) is 2.72. The molecule has 1 unspecified atom stereocenters. The van der Waals surface area contributed by atoms with Gasteiger partial charge in [-0.15, -0.1) is 0 Å². The highest BCUT2D eigenvalue weighted by molar-refractivity contribution is 7.98. The molecule has 0 aliphatic rings. The highest BCUT2D eigenvalue weighted by atomic mass is 32.2. The monoisotopic (exact) mass is 243 g/mol. The van der Waals surface area contributed by atoms with E-state index in [-0.39, 0.29) is 5.56 Å². The molecule has 0 aliphatic carbocycles. The maximum Gasteiger partial charge on any atom is 0.339 e. The van der Waals surface area contributed by atoms with Crippen LogP contribution in [0.3, 0.4) is 0 Å². The van der Waals surface area contributed by atoms with Gasteiger partial charge in [-0.2, -0.15) is 11.8 Å². The number of furan rings is 1. The van der Waals surface area contributed by atoms with Crippen LogP contribution in [0.25, 0.3) is 0 Å². The Kier molecular flexibility index (Phi) is 5.42. The van der Waals surface area contributed by atoms with Crippen LogP contribution in [0.2, 0.25) is 0 Å². The molecule has 1 heterocycles. The second-order valence-electron chi connectivity index (χ2n) is 3.50. The lowest BCUT2D eigenvalue weighted by molar-refractivity contribution is 0.0694. The zero-order chi connectivity index (χ0) is 12.0. The lowest BCUT2D eigenvalue weighted by atomic mass is 10.2. The molecule has 1 aromatic heterocycles. The van der Waals surface area contributed by atoms with Crippen molar-refractivity contribution >= 4 is 17.7 Å². The van der Waals surface area contributed by atoms with E-state index in [4.69, 9.17) is 9.52 Å². The van der Waals surface area contributed by atoms with Crippen molar-refractivity contribution in [3.8, 4) is 0 Å². The van der Waals surface area contributed by atoms with Crippen molar-refractivity contribution in [2.45, 2.75) is 25.9 Å². The summed E-state index contributed by atoms with van der Waals surface area (Å²) in [7, 11) is 0. The molecule has 0 spiro atoms. The quantitative estimate of drug-likeness (QED) is 0.768. The summed E-state index contributed by atoms with van der Waals surface area (Å²) in [4.78, 5) is 10.8. The van der Waals surface area contributed by atoms with Gasteiger partial charge in [0.2, 0.25) is 0 Å². The van der Waals surface area contributed by atoms with E-state index in [1.165, 1.54) is 12.3 Å². The normalized spacial score (nSPS) is 12.6. The highest BCUT2D eigenvalue weighted by Crippen LogP contribution is 2.11. The molecule has 0 radical (unpaired) electrons. The van der Waals surface area contributed by atoms with E-state index in [1.54, 1.807) is 11.8 Å². The number of hydrogen-bond acceptors (Lipinski definition) is 4. The predicted octanol–water partition coefficient (Wildman–Crippen LogP) is 2.21. The number of hydrogen-bond donors (Lipinski definition) is 2. The number of carboxylic acid groups (broad SMARTS) is 1. The third-order valence-corrected chi connectivity index (χ3v) is 3.12.